The number of nitrogens with one attached hydrogen (secondary N) is 1. The molecule has 2 rings (SSSR count). The van der Waals surface area contributed by atoms with E-state index in [1.54, 1.807) is 13.8 Å². The molecule has 1 N–H and O–H groups in total. The normalized spacial score (nSPS) is 9.88. The van der Waals surface area contributed by atoms with Crippen LogP contribution in [0.25, 0.3) is 5.95 Å². The smallest absolute Gasteiger partial charge is 0.858 e. The quantitative estimate of drug-likeness (QED) is 0.517. The Kier molecular flexibility index (Phi) is 3.90. The van der Waals surface area contributed by atoms with Crippen molar-refractivity contribution in [1.29, 1.82) is 0 Å². The van der Waals surface area contributed by atoms with Gasteiger partial charge in [-0.05, 0) is 25.8 Å². The molecule has 0 aliphatic carbocycles. The maximum absolute atomic E-state index is 11.4. The summed E-state index contributed by atoms with van der Waals surface area (Å²) in [7, 11) is 0. The fourth-order valence-corrected chi connectivity index (χ4v) is 1.29. The van der Waals surface area contributed by atoms with Crippen LogP contribution in [-0.4, -0.2) is 19.7 Å². The number of hydrogen-bond donors (Lipinski definition) is 1. The summed E-state index contributed by atoms with van der Waals surface area (Å²) >= 11 is 0. The minimum atomic E-state index is -0.406. The molecule has 2 aromatic heterocycles. The van der Waals surface area contributed by atoms with E-state index in [0.717, 1.165) is 4.68 Å². The average Bonchev–Trinajstić information content (AvgIpc) is 2.43. The van der Waals surface area contributed by atoms with E-state index < -0.39 is 5.88 Å². The number of nitrogens with zero attached hydrogens (tertiary/aromatic N) is 3. The van der Waals surface area contributed by atoms with Gasteiger partial charge < -0.3 is 5.11 Å². The Hall–Kier alpha value is -1.11. The van der Waals surface area contributed by atoms with Crippen molar-refractivity contribution in [1.82, 2.24) is 19.7 Å². The standard InChI is InChI=1S/C9H10N4O2.Na/c1-5-3-7(14)11-9(10-5)13-8(15)4-6(2)12-13;/h3-4,12H,1-2H3,(H,10,11,14);/q;+1/p-1. The van der Waals surface area contributed by atoms with Gasteiger partial charge in [-0.1, -0.05) is 0 Å². The third-order valence-corrected chi connectivity index (χ3v) is 1.87. The number of aromatic amines is 1. The molecule has 0 saturated heterocycles. The van der Waals surface area contributed by atoms with Gasteiger partial charge in [0.25, 0.3) is 11.5 Å². The molecule has 2 aromatic rings. The van der Waals surface area contributed by atoms with Crippen LogP contribution in [0.2, 0.25) is 0 Å². The average molecular weight is 228 g/mol. The van der Waals surface area contributed by atoms with Crippen molar-refractivity contribution in [3.8, 4) is 11.8 Å². The van der Waals surface area contributed by atoms with E-state index in [-0.39, 0.29) is 41.1 Å². The first-order chi connectivity index (χ1) is 7.06. The molecule has 16 heavy (non-hydrogen) atoms. The van der Waals surface area contributed by atoms with E-state index in [2.05, 4.69) is 15.1 Å². The van der Waals surface area contributed by atoms with E-state index >= 15 is 0 Å². The second-order valence-corrected chi connectivity index (χ2v) is 3.26. The Morgan fingerprint density at radius 3 is 2.50 bits per heavy atom. The van der Waals surface area contributed by atoms with Crippen molar-refractivity contribution in [2.45, 2.75) is 13.8 Å². The van der Waals surface area contributed by atoms with Crippen molar-refractivity contribution in [2.24, 2.45) is 0 Å². The Morgan fingerprint density at radius 1 is 1.31 bits per heavy atom. The Bertz CT molecular complexity index is 541. The monoisotopic (exact) mass is 228 g/mol. The molecule has 0 unspecified atom stereocenters. The molecule has 78 valence electrons. The van der Waals surface area contributed by atoms with Crippen LogP contribution in [0.5, 0.6) is 5.88 Å². The van der Waals surface area contributed by atoms with Crippen LogP contribution in [0.1, 0.15) is 11.4 Å². The van der Waals surface area contributed by atoms with Crippen LogP contribution in [0.3, 0.4) is 0 Å². The molecule has 7 heteroatoms. The molecule has 2 heterocycles. The van der Waals surface area contributed by atoms with Gasteiger partial charge in [-0.15, -0.1) is 0 Å². The zero-order valence-corrected chi connectivity index (χ0v) is 11.3. The van der Waals surface area contributed by atoms with Gasteiger partial charge in [-0.25, -0.2) is 9.97 Å². The zero-order chi connectivity index (χ0) is 11.0. The molecule has 0 saturated carbocycles. The zero-order valence-electron chi connectivity index (χ0n) is 9.31. The predicted octanol–water partition coefficient (Wildman–Crippen LogP) is -3.35. The molecule has 0 spiro atoms. The molecule has 0 atom stereocenters. The van der Waals surface area contributed by atoms with Crippen molar-refractivity contribution in [2.75, 3.05) is 0 Å². The Morgan fingerprint density at radius 2 is 2.00 bits per heavy atom. The van der Waals surface area contributed by atoms with Crippen LogP contribution in [-0.2, 0) is 0 Å². The van der Waals surface area contributed by atoms with E-state index in [9.17, 15) is 9.90 Å². The third kappa shape index (κ3) is 2.52. The van der Waals surface area contributed by atoms with Gasteiger partial charge in [-0.2, -0.15) is 4.68 Å². The summed E-state index contributed by atoms with van der Waals surface area (Å²) < 4.78 is 1.14. The number of aromatic nitrogens is 4. The summed E-state index contributed by atoms with van der Waals surface area (Å²) in [6.07, 6.45) is 0. The van der Waals surface area contributed by atoms with Crippen LogP contribution >= 0.6 is 0 Å². The first-order valence-electron chi connectivity index (χ1n) is 4.38. The summed E-state index contributed by atoms with van der Waals surface area (Å²) in [6, 6.07) is 2.72. The summed E-state index contributed by atoms with van der Waals surface area (Å²) in [5.74, 6) is -0.324. The fourth-order valence-electron chi connectivity index (χ4n) is 1.29. The van der Waals surface area contributed by atoms with E-state index in [0.29, 0.717) is 11.4 Å². The first-order valence-corrected chi connectivity index (χ1v) is 4.38. The largest absolute Gasteiger partial charge is 1.00 e. The minimum Gasteiger partial charge on any atom is -0.858 e. The van der Waals surface area contributed by atoms with Gasteiger partial charge in [0.1, 0.15) is 0 Å². The van der Waals surface area contributed by atoms with E-state index in [1.165, 1.54) is 12.1 Å². The van der Waals surface area contributed by atoms with Gasteiger partial charge in [-0.3, -0.25) is 9.89 Å². The molecular formula is C9H9N4NaO2. The number of aryl methyl sites for hydroxylation is 2. The minimum absolute atomic E-state index is 0. The molecule has 6 nitrogen and oxygen atoms in total. The van der Waals surface area contributed by atoms with Crippen LogP contribution in [0, 0.1) is 13.8 Å². The third-order valence-electron chi connectivity index (χ3n) is 1.87. The van der Waals surface area contributed by atoms with E-state index in [1.807, 2.05) is 0 Å². The first kappa shape index (κ1) is 13.0. The summed E-state index contributed by atoms with van der Waals surface area (Å²) in [6.45, 7) is 3.42. The molecular weight excluding hydrogens is 219 g/mol. The van der Waals surface area contributed by atoms with Crippen LogP contribution < -0.4 is 40.2 Å². The summed E-state index contributed by atoms with van der Waals surface area (Å²) in [4.78, 5) is 19.1. The summed E-state index contributed by atoms with van der Waals surface area (Å²) in [5, 5.41) is 13.9. The molecule has 0 bridgehead atoms. The molecule has 0 aliphatic heterocycles. The van der Waals surface area contributed by atoms with Gasteiger partial charge in [0.05, 0.1) is 0 Å². The molecule has 0 radical (unpaired) electrons. The Labute approximate surface area is 114 Å². The summed E-state index contributed by atoms with van der Waals surface area (Å²) in [5.41, 5.74) is 0.944. The number of rotatable bonds is 1. The van der Waals surface area contributed by atoms with Crippen molar-refractivity contribution < 1.29 is 34.7 Å². The second-order valence-electron chi connectivity index (χ2n) is 3.26. The number of H-pyrrole nitrogens is 1. The van der Waals surface area contributed by atoms with E-state index in [4.69, 9.17) is 0 Å². The van der Waals surface area contributed by atoms with Crippen molar-refractivity contribution in [3.63, 3.8) is 0 Å². The van der Waals surface area contributed by atoms with Crippen LogP contribution in [0.15, 0.2) is 16.9 Å². The molecule has 0 aliphatic rings. The molecule has 0 aromatic carbocycles. The predicted molar refractivity (Wildman–Crippen MR) is 50.9 cm³/mol. The maximum atomic E-state index is 11.4. The maximum Gasteiger partial charge on any atom is 1.00 e. The van der Waals surface area contributed by atoms with Gasteiger partial charge in [0.2, 0.25) is 0 Å². The van der Waals surface area contributed by atoms with Crippen molar-refractivity contribution >= 4 is 0 Å². The molecule has 0 fully saturated rings. The van der Waals surface area contributed by atoms with Crippen LogP contribution in [0.4, 0.5) is 0 Å². The van der Waals surface area contributed by atoms with Gasteiger partial charge >= 0.3 is 29.6 Å². The Balaban J connectivity index is 0.00000128. The second kappa shape index (κ2) is 4.82. The topological polar surface area (TPSA) is 86.6 Å². The molecule has 0 amide bonds. The van der Waals surface area contributed by atoms with Gasteiger partial charge in [0.15, 0.2) is 0 Å². The fraction of sp³-hybridized carbons (Fsp3) is 0.222. The van der Waals surface area contributed by atoms with Gasteiger partial charge in [0, 0.05) is 17.5 Å². The SMILES string of the molecule is Cc1cc([O-])nc(-n2[nH]c(C)cc2=O)n1.[Na+]. The number of hydrogen-bond acceptors (Lipinski definition) is 4. The van der Waals surface area contributed by atoms with Crippen molar-refractivity contribution in [3.05, 3.63) is 33.9 Å².